The minimum absolute atomic E-state index is 0.0626. The van der Waals surface area contributed by atoms with Gasteiger partial charge in [-0.3, -0.25) is 9.78 Å². The Morgan fingerprint density at radius 3 is 2.29 bits per heavy atom. The number of benzene rings is 2. The number of hydrogen-bond acceptors (Lipinski definition) is 4. The zero-order chi connectivity index (χ0) is 23.3. The number of rotatable bonds is 5. The van der Waals surface area contributed by atoms with Crippen molar-refractivity contribution in [1.82, 2.24) is 9.97 Å². The van der Waals surface area contributed by atoms with E-state index < -0.39 is 39.7 Å². The average molecular weight is 479 g/mol. The molecule has 0 saturated heterocycles. The number of aromatic amines is 2. The van der Waals surface area contributed by atoms with Gasteiger partial charge in [0.1, 0.15) is 5.82 Å². The second-order valence-electron chi connectivity index (χ2n) is 6.14. The lowest BCUT2D eigenvalue weighted by Crippen LogP contribution is -2.23. The number of aliphatic hydroxyl groups excluding tert-OH is 1. The quantitative estimate of drug-likeness (QED) is 0.359. The Balaban J connectivity index is 0.00000166. The van der Waals surface area contributed by atoms with Gasteiger partial charge >= 0.3 is 11.9 Å². The molecule has 0 radical (unpaired) electrons. The van der Waals surface area contributed by atoms with E-state index in [1.165, 1.54) is 24.3 Å². The van der Waals surface area contributed by atoms with Crippen LogP contribution in [0.1, 0.15) is 30.9 Å². The molecule has 0 saturated carbocycles. The van der Waals surface area contributed by atoms with Gasteiger partial charge in [-0.25, -0.2) is 9.18 Å². The lowest BCUT2D eigenvalue weighted by molar-refractivity contribution is -0.137. The molecule has 0 bridgehead atoms. The van der Waals surface area contributed by atoms with Crippen molar-refractivity contribution in [2.75, 3.05) is 12.4 Å². The summed E-state index contributed by atoms with van der Waals surface area (Å²) in [5.41, 5.74) is -2.64. The van der Waals surface area contributed by atoms with E-state index in [1.807, 2.05) is 18.8 Å². The van der Waals surface area contributed by atoms with Crippen molar-refractivity contribution in [2.45, 2.75) is 30.8 Å². The number of aromatic nitrogens is 2. The van der Waals surface area contributed by atoms with Crippen LogP contribution >= 0.6 is 23.4 Å². The van der Waals surface area contributed by atoms with Crippen LogP contribution in [0.2, 0.25) is 5.02 Å². The van der Waals surface area contributed by atoms with Crippen LogP contribution in [0, 0.1) is 5.82 Å². The van der Waals surface area contributed by atoms with Crippen LogP contribution in [0.5, 0.6) is 0 Å². The maximum Gasteiger partial charge on any atom is 0.417 e. The van der Waals surface area contributed by atoms with Crippen molar-refractivity contribution in [3.63, 3.8) is 0 Å². The van der Waals surface area contributed by atoms with Gasteiger partial charge < -0.3 is 10.1 Å². The van der Waals surface area contributed by atoms with E-state index in [1.54, 1.807) is 0 Å². The molecule has 0 amide bonds. The molecule has 1 atom stereocenters. The number of H-pyrrole nitrogens is 2. The molecule has 168 valence electrons. The van der Waals surface area contributed by atoms with Crippen LogP contribution in [0.4, 0.5) is 17.6 Å². The van der Waals surface area contributed by atoms with Crippen LogP contribution in [-0.4, -0.2) is 27.4 Å². The summed E-state index contributed by atoms with van der Waals surface area (Å²) in [4.78, 5) is 27.7. The molecule has 5 nitrogen and oxygen atoms in total. The van der Waals surface area contributed by atoms with Crippen LogP contribution in [0.3, 0.4) is 0 Å². The van der Waals surface area contributed by atoms with Gasteiger partial charge in [-0.2, -0.15) is 13.2 Å². The lowest BCUT2D eigenvalue weighted by atomic mass is 10.0. The number of thioether (sulfide) groups is 1. The standard InChI is InChI=1S/C18H13ClF4N2O3S.C2H6/c19-13-12(18(21,22)23)5-11-14(24-17(28)25-16(11)27)15(13)29-7-9(6-26)8-1-3-10(20)4-2-8;1-2/h1-5,9,26H,6-7H2,(H2,24,25,27,28);1-2H3. The predicted octanol–water partition coefficient (Wildman–Crippen LogP) is 4.92. The Labute approximate surface area is 183 Å². The summed E-state index contributed by atoms with van der Waals surface area (Å²) >= 11 is 6.83. The van der Waals surface area contributed by atoms with Gasteiger partial charge in [-0.15, -0.1) is 11.8 Å². The first-order valence-electron chi connectivity index (χ1n) is 9.17. The Morgan fingerprint density at radius 1 is 1.13 bits per heavy atom. The van der Waals surface area contributed by atoms with Crippen LogP contribution < -0.4 is 11.2 Å². The zero-order valence-electron chi connectivity index (χ0n) is 16.4. The fourth-order valence-corrected chi connectivity index (χ4v) is 4.40. The SMILES string of the molecule is CC.O=c1[nH]c(=O)c2cc(C(F)(F)F)c(Cl)c(SCC(CO)c3ccc(F)cc3)c2[nH]1. The van der Waals surface area contributed by atoms with E-state index in [0.717, 1.165) is 11.8 Å². The number of nitrogens with one attached hydrogen (secondary N) is 2. The van der Waals surface area contributed by atoms with Crippen molar-refractivity contribution in [1.29, 1.82) is 0 Å². The van der Waals surface area contributed by atoms with Gasteiger partial charge in [0.2, 0.25) is 0 Å². The highest BCUT2D eigenvalue weighted by Gasteiger charge is 2.35. The van der Waals surface area contributed by atoms with Gasteiger partial charge in [0, 0.05) is 11.7 Å². The highest BCUT2D eigenvalue weighted by molar-refractivity contribution is 7.99. The van der Waals surface area contributed by atoms with Crippen LogP contribution in [0.25, 0.3) is 10.9 Å². The normalized spacial score (nSPS) is 12.4. The Kier molecular flexibility index (Phi) is 8.33. The van der Waals surface area contributed by atoms with Crippen LogP contribution in [-0.2, 0) is 6.18 Å². The summed E-state index contributed by atoms with van der Waals surface area (Å²) in [5.74, 6) is -0.954. The predicted molar refractivity (Wildman–Crippen MR) is 114 cm³/mol. The lowest BCUT2D eigenvalue weighted by Gasteiger charge is -2.18. The molecular formula is C20H19ClF4N2O3S. The summed E-state index contributed by atoms with van der Waals surface area (Å²) in [6.07, 6.45) is -4.82. The third-order valence-electron chi connectivity index (χ3n) is 4.23. The molecule has 31 heavy (non-hydrogen) atoms. The van der Waals surface area contributed by atoms with E-state index >= 15 is 0 Å². The van der Waals surface area contributed by atoms with Crippen molar-refractivity contribution < 1.29 is 22.7 Å². The number of hydrogen-bond donors (Lipinski definition) is 3. The number of aliphatic hydroxyl groups is 1. The smallest absolute Gasteiger partial charge is 0.396 e. The van der Waals surface area contributed by atoms with Crippen LogP contribution in [0.15, 0.2) is 44.8 Å². The highest BCUT2D eigenvalue weighted by Crippen LogP contribution is 2.43. The van der Waals surface area contributed by atoms with E-state index in [0.29, 0.717) is 11.6 Å². The first kappa shape index (κ1) is 25.0. The largest absolute Gasteiger partial charge is 0.417 e. The fourth-order valence-electron chi connectivity index (χ4n) is 2.77. The Morgan fingerprint density at radius 2 is 1.74 bits per heavy atom. The molecule has 3 aromatic rings. The molecule has 3 rings (SSSR count). The summed E-state index contributed by atoms with van der Waals surface area (Å²) in [7, 11) is 0. The monoisotopic (exact) mass is 478 g/mol. The average Bonchev–Trinajstić information content (AvgIpc) is 2.71. The second kappa shape index (κ2) is 10.3. The summed E-state index contributed by atoms with van der Waals surface area (Å²) < 4.78 is 53.3. The molecule has 1 unspecified atom stereocenters. The molecule has 0 aliphatic rings. The maximum absolute atomic E-state index is 13.4. The first-order valence-corrected chi connectivity index (χ1v) is 10.5. The topological polar surface area (TPSA) is 85.9 Å². The third-order valence-corrected chi connectivity index (χ3v) is 6.00. The molecule has 1 aromatic heterocycles. The molecule has 0 fully saturated rings. The summed E-state index contributed by atoms with van der Waals surface area (Å²) in [6.45, 7) is 3.64. The van der Waals surface area contributed by atoms with E-state index in [4.69, 9.17) is 11.6 Å². The van der Waals surface area contributed by atoms with Gasteiger partial charge in [0.25, 0.3) is 5.56 Å². The molecule has 0 aliphatic heterocycles. The summed E-state index contributed by atoms with van der Waals surface area (Å²) in [6, 6.07) is 5.89. The molecule has 3 N–H and O–H groups in total. The number of alkyl halides is 3. The molecule has 0 aliphatic carbocycles. The van der Waals surface area contributed by atoms with E-state index in [2.05, 4.69) is 4.98 Å². The molecular weight excluding hydrogens is 460 g/mol. The third kappa shape index (κ3) is 5.69. The Bertz CT molecular complexity index is 1160. The number of fused-ring (bicyclic) bond motifs is 1. The van der Waals surface area contributed by atoms with Gasteiger partial charge in [-0.1, -0.05) is 37.6 Å². The van der Waals surface area contributed by atoms with Gasteiger partial charge in [-0.05, 0) is 23.8 Å². The van der Waals surface area contributed by atoms with E-state index in [-0.39, 0.29) is 28.2 Å². The van der Waals surface area contributed by atoms with Gasteiger partial charge in [0.05, 0.1) is 33.0 Å². The molecule has 0 spiro atoms. The Hall–Kier alpha value is -2.30. The molecule has 2 aromatic carbocycles. The minimum atomic E-state index is -4.82. The highest BCUT2D eigenvalue weighted by atomic mass is 35.5. The summed E-state index contributed by atoms with van der Waals surface area (Å²) in [5, 5.41) is 8.62. The molecule has 11 heteroatoms. The number of halogens is 5. The van der Waals surface area contributed by atoms with Crippen molar-refractivity contribution >= 4 is 34.3 Å². The molecule has 1 heterocycles. The zero-order valence-corrected chi connectivity index (χ0v) is 18.0. The van der Waals surface area contributed by atoms with Crippen molar-refractivity contribution in [3.8, 4) is 0 Å². The van der Waals surface area contributed by atoms with E-state index in [9.17, 15) is 32.3 Å². The second-order valence-corrected chi connectivity index (χ2v) is 7.55. The maximum atomic E-state index is 13.4. The first-order chi connectivity index (χ1) is 14.6. The van der Waals surface area contributed by atoms with Crippen molar-refractivity contribution in [3.05, 3.63) is 73.1 Å². The van der Waals surface area contributed by atoms with Gasteiger partial charge in [0.15, 0.2) is 0 Å². The van der Waals surface area contributed by atoms with Crippen molar-refractivity contribution in [2.24, 2.45) is 0 Å². The fraction of sp³-hybridized carbons (Fsp3) is 0.300. The minimum Gasteiger partial charge on any atom is -0.396 e.